The molecule has 0 aliphatic carbocycles. The van der Waals surface area contributed by atoms with Crippen LogP contribution in [-0.4, -0.2) is 26.3 Å². The molecular weight excluding hydrogens is 363 g/mol. The van der Waals surface area contributed by atoms with Crippen LogP contribution in [0.4, 0.5) is 10.1 Å². The van der Waals surface area contributed by atoms with Crippen LogP contribution in [0, 0.1) is 12.7 Å². The van der Waals surface area contributed by atoms with Gasteiger partial charge >= 0.3 is 0 Å². The van der Waals surface area contributed by atoms with Gasteiger partial charge in [-0.3, -0.25) is 9.89 Å². The van der Waals surface area contributed by atoms with E-state index in [-0.39, 0.29) is 17.0 Å². The molecule has 0 fully saturated rings. The molecule has 0 spiro atoms. The lowest BCUT2D eigenvalue weighted by molar-refractivity contribution is -0.115. The van der Waals surface area contributed by atoms with E-state index in [9.17, 15) is 9.18 Å². The molecule has 5 nitrogen and oxygen atoms in total. The van der Waals surface area contributed by atoms with Gasteiger partial charge in [-0.15, -0.1) is 5.10 Å². The van der Waals surface area contributed by atoms with Crippen LogP contribution in [0.25, 0.3) is 12.2 Å². The van der Waals surface area contributed by atoms with Crippen molar-refractivity contribution in [2.75, 3.05) is 5.32 Å². The van der Waals surface area contributed by atoms with Crippen molar-refractivity contribution in [2.45, 2.75) is 24.3 Å². The van der Waals surface area contributed by atoms with E-state index in [1.807, 2.05) is 44.2 Å². The van der Waals surface area contributed by atoms with Crippen LogP contribution in [0.5, 0.6) is 0 Å². The molecule has 1 heterocycles. The molecule has 1 aromatic heterocycles. The fourth-order valence-electron chi connectivity index (χ4n) is 2.29. The third kappa shape index (κ3) is 5.27. The number of aryl methyl sites for hydroxylation is 1. The largest absolute Gasteiger partial charge is 0.325 e. The number of aromatic amines is 1. The second kappa shape index (κ2) is 8.64. The van der Waals surface area contributed by atoms with E-state index in [1.165, 1.54) is 23.9 Å². The number of benzene rings is 2. The smallest absolute Gasteiger partial charge is 0.237 e. The Labute approximate surface area is 161 Å². The van der Waals surface area contributed by atoms with Crippen LogP contribution in [0.2, 0.25) is 0 Å². The van der Waals surface area contributed by atoms with Crippen molar-refractivity contribution < 1.29 is 9.18 Å². The number of rotatable bonds is 6. The average molecular weight is 382 g/mol. The van der Waals surface area contributed by atoms with Gasteiger partial charge in [0.05, 0.1) is 5.25 Å². The maximum Gasteiger partial charge on any atom is 0.237 e. The fourth-order valence-corrected chi connectivity index (χ4v) is 3.03. The lowest BCUT2D eigenvalue weighted by atomic mass is 10.2. The Balaban J connectivity index is 1.58. The second-order valence-corrected chi connectivity index (χ2v) is 7.26. The minimum Gasteiger partial charge on any atom is -0.325 e. The number of thioether (sulfide) groups is 1. The number of aromatic nitrogens is 3. The van der Waals surface area contributed by atoms with E-state index in [2.05, 4.69) is 20.5 Å². The van der Waals surface area contributed by atoms with Gasteiger partial charge in [0.2, 0.25) is 11.1 Å². The van der Waals surface area contributed by atoms with Gasteiger partial charge in [-0.05, 0) is 49.2 Å². The number of hydrogen-bond acceptors (Lipinski definition) is 4. The third-order valence-corrected chi connectivity index (χ3v) is 4.80. The zero-order chi connectivity index (χ0) is 19.2. The molecule has 138 valence electrons. The number of nitrogens with one attached hydrogen (secondary N) is 2. The summed E-state index contributed by atoms with van der Waals surface area (Å²) in [6.07, 6.45) is 3.56. The van der Waals surface area contributed by atoms with Gasteiger partial charge in [0.15, 0.2) is 0 Å². The molecule has 2 aromatic carbocycles. The molecule has 0 saturated carbocycles. The normalized spacial score (nSPS) is 12.3. The van der Waals surface area contributed by atoms with Crippen molar-refractivity contribution in [1.82, 2.24) is 15.2 Å². The number of carbonyl (C=O) groups is 1. The summed E-state index contributed by atoms with van der Waals surface area (Å²) < 4.78 is 12.9. The summed E-state index contributed by atoms with van der Waals surface area (Å²) in [4.78, 5) is 16.7. The standard InChI is InChI=1S/C20H19FN4OS/c1-13-5-3-4-6-17(13)22-19(26)14(2)27-20-23-18(24-25-20)12-9-15-7-10-16(21)11-8-15/h3-12,14H,1-2H3,(H,22,26)(H,23,24,25)/b12-9+. The molecule has 0 saturated heterocycles. The highest BCUT2D eigenvalue weighted by molar-refractivity contribution is 8.00. The highest BCUT2D eigenvalue weighted by Gasteiger charge is 2.17. The highest BCUT2D eigenvalue weighted by atomic mass is 32.2. The van der Waals surface area contributed by atoms with Crippen molar-refractivity contribution in [3.05, 3.63) is 71.3 Å². The van der Waals surface area contributed by atoms with E-state index in [0.29, 0.717) is 11.0 Å². The van der Waals surface area contributed by atoms with Crippen LogP contribution in [-0.2, 0) is 4.79 Å². The Kier molecular flexibility index (Phi) is 6.03. The predicted molar refractivity (Wildman–Crippen MR) is 107 cm³/mol. The minimum atomic E-state index is -0.352. The summed E-state index contributed by atoms with van der Waals surface area (Å²) in [5.74, 6) is 0.180. The predicted octanol–water partition coefficient (Wildman–Crippen LogP) is 4.54. The van der Waals surface area contributed by atoms with Gasteiger partial charge in [0, 0.05) is 5.69 Å². The molecule has 2 N–H and O–H groups in total. The molecular formula is C20H19FN4OS. The number of nitrogens with zero attached hydrogens (tertiary/aromatic N) is 2. The van der Waals surface area contributed by atoms with Crippen LogP contribution in [0.3, 0.4) is 0 Å². The minimum absolute atomic E-state index is 0.109. The third-order valence-electron chi connectivity index (χ3n) is 3.84. The topological polar surface area (TPSA) is 70.7 Å². The molecule has 0 aliphatic rings. The first kappa shape index (κ1) is 18.8. The number of halogens is 1. The molecule has 1 unspecified atom stereocenters. The number of amides is 1. The lowest BCUT2D eigenvalue weighted by Crippen LogP contribution is -2.22. The SMILES string of the molecule is Cc1ccccc1NC(=O)C(C)Sc1n[nH]c(/C=C/c2ccc(F)cc2)n1. The van der Waals surface area contributed by atoms with Gasteiger partial charge in [0.25, 0.3) is 0 Å². The van der Waals surface area contributed by atoms with Crippen molar-refractivity contribution in [3.63, 3.8) is 0 Å². The zero-order valence-electron chi connectivity index (χ0n) is 14.9. The van der Waals surface area contributed by atoms with Gasteiger partial charge in [-0.25, -0.2) is 9.37 Å². The Hall–Kier alpha value is -2.93. The summed E-state index contributed by atoms with van der Waals surface area (Å²) in [5, 5.41) is 9.99. The quantitative estimate of drug-likeness (QED) is 0.614. The summed E-state index contributed by atoms with van der Waals surface area (Å²) >= 11 is 1.27. The maximum atomic E-state index is 12.9. The monoisotopic (exact) mass is 382 g/mol. The Morgan fingerprint density at radius 3 is 2.67 bits per heavy atom. The Bertz CT molecular complexity index is 953. The van der Waals surface area contributed by atoms with Gasteiger partial charge in [-0.2, -0.15) is 0 Å². The molecule has 1 amide bonds. The first-order chi connectivity index (χ1) is 13.0. The molecule has 3 aromatic rings. The first-order valence-corrected chi connectivity index (χ1v) is 9.28. The summed E-state index contributed by atoms with van der Waals surface area (Å²) in [6.45, 7) is 3.76. The molecule has 0 bridgehead atoms. The average Bonchev–Trinajstić information content (AvgIpc) is 3.10. The number of para-hydroxylation sites is 1. The van der Waals surface area contributed by atoms with Gasteiger partial charge in [0.1, 0.15) is 11.6 Å². The van der Waals surface area contributed by atoms with Crippen LogP contribution >= 0.6 is 11.8 Å². The lowest BCUT2D eigenvalue weighted by Gasteiger charge is -2.11. The summed E-state index contributed by atoms with van der Waals surface area (Å²) in [7, 11) is 0. The Morgan fingerprint density at radius 1 is 1.19 bits per heavy atom. The second-order valence-electron chi connectivity index (χ2n) is 5.95. The van der Waals surface area contributed by atoms with E-state index >= 15 is 0 Å². The van der Waals surface area contributed by atoms with E-state index in [1.54, 1.807) is 18.2 Å². The van der Waals surface area contributed by atoms with Crippen LogP contribution in [0.15, 0.2) is 53.7 Å². The van der Waals surface area contributed by atoms with Gasteiger partial charge in [-0.1, -0.05) is 48.2 Å². The Morgan fingerprint density at radius 2 is 1.93 bits per heavy atom. The zero-order valence-corrected chi connectivity index (χ0v) is 15.8. The van der Waals surface area contributed by atoms with Crippen LogP contribution < -0.4 is 5.32 Å². The molecule has 0 aliphatic heterocycles. The number of H-pyrrole nitrogens is 1. The first-order valence-electron chi connectivity index (χ1n) is 8.40. The molecule has 0 radical (unpaired) electrons. The van der Waals surface area contributed by atoms with E-state index < -0.39 is 0 Å². The maximum absolute atomic E-state index is 12.9. The highest BCUT2D eigenvalue weighted by Crippen LogP contribution is 2.22. The van der Waals surface area contributed by atoms with E-state index in [0.717, 1.165) is 16.8 Å². The van der Waals surface area contributed by atoms with Crippen molar-refractivity contribution in [3.8, 4) is 0 Å². The molecule has 27 heavy (non-hydrogen) atoms. The number of anilines is 1. The molecule has 3 rings (SSSR count). The summed E-state index contributed by atoms with van der Waals surface area (Å²) in [6, 6.07) is 13.8. The summed E-state index contributed by atoms with van der Waals surface area (Å²) in [5.41, 5.74) is 2.66. The van der Waals surface area contributed by atoms with E-state index in [4.69, 9.17) is 0 Å². The molecule has 7 heteroatoms. The fraction of sp³-hybridized carbons (Fsp3) is 0.150. The molecule has 1 atom stereocenters. The number of carbonyl (C=O) groups excluding carboxylic acids is 1. The van der Waals surface area contributed by atoms with Gasteiger partial charge < -0.3 is 5.32 Å². The van der Waals surface area contributed by atoms with Crippen molar-refractivity contribution in [2.24, 2.45) is 0 Å². The number of hydrogen-bond donors (Lipinski definition) is 2. The van der Waals surface area contributed by atoms with Crippen molar-refractivity contribution in [1.29, 1.82) is 0 Å². The van der Waals surface area contributed by atoms with Crippen molar-refractivity contribution >= 4 is 35.5 Å². The van der Waals surface area contributed by atoms with Crippen LogP contribution in [0.1, 0.15) is 23.9 Å².